The lowest BCUT2D eigenvalue weighted by molar-refractivity contribution is 0.837. The molecule has 2 aromatic carbocycles. The van der Waals surface area contributed by atoms with Gasteiger partial charge < -0.3 is 4.57 Å². The molecule has 20 heavy (non-hydrogen) atoms. The molecule has 0 unspecified atom stereocenters. The summed E-state index contributed by atoms with van der Waals surface area (Å²) in [4.78, 5) is 0. The van der Waals surface area contributed by atoms with Gasteiger partial charge in [-0.25, -0.2) is 0 Å². The predicted molar refractivity (Wildman–Crippen MR) is 84.9 cm³/mol. The highest BCUT2D eigenvalue weighted by Crippen LogP contribution is 2.24. The average molecular weight is 346 g/mol. The topological polar surface area (TPSA) is 28.7 Å². The maximum Gasteiger partial charge on any atom is 0.0991 e. The number of nitrogens with zero attached hydrogens (tertiary/aromatic N) is 2. The summed E-state index contributed by atoms with van der Waals surface area (Å²) in [6.45, 7) is 0.710. The van der Waals surface area contributed by atoms with Crippen LogP contribution in [-0.2, 0) is 6.54 Å². The van der Waals surface area contributed by atoms with Crippen molar-refractivity contribution in [2.75, 3.05) is 0 Å². The summed E-state index contributed by atoms with van der Waals surface area (Å²) < 4.78 is 3.10. The van der Waals surface area contributed by atoms with Crippen LogP contribution in [0.1, 0.15) is 11.1 Å². The van der Waals surface area contributed by atoms with E-state index in [-0.39, 0.29) is 0 Å². The van der Waals surface area contributed by atoms with E-state index in [2.05, 4.69) is 26.6 Å². The Morgan fingerprint density at radius 3 is 2.75 bits per heavy atom. The van der Waals surface area contributed by atoms with E-state index in [1.165, 1.54) is 0 Å². The van der Waals surface area contributed by atoms with Crippen LogP contribution in [0, 0.1) is 11.3 Å². The first-order valence-corrected chi connectivity index (χ1v) is 7.27. The zero-order chi connectivity index (χ0) is 14.1. The third-order valence-corrected chi connectivity index (χ3v) is 4.10. The molecule has 0 aliphatic carbocycles. The molecule has 0 amide bonds. The highest BCUT2D eigenvalue weighted by molar-refractivity contribution is 9.10. The van der Waals surface area contributed by atoms with Crippen molar-refractivity contribution in [3.63, 3.8) is 0 Å². The summed E-state index contributed by atoms with van der Waals surface area (Å²) in [5.41, 5.74) is 2.84. The van der Waals surface area contributed by atoms with Gasteiger partial charge in [0.15, 0.2) is 0 Å². The molecular weight excluding hydrogens is 336 g/mol. The lowest BCUT2D eigenvalue weighted by atomic mass is 10.2. The average Bonchev–Trinajstić information content (AvgIpc) is 2.84. The first-order valence-electron chi connectivity index (χ1n) is 6.10. The lowest BCUT2D eigenvalue weighted by Crippen LogP contribution is -1.98. The van der Waals surface area contributed by atoms with Crippen molar-refractivity contribution in [1.82, 2.24) is 4.57 Å². The molecule has 2 nitrogen and oxygen atoms in total. The summed E-state index contributed by atoms with van der Waals surface area (Å²) in [6.07, 6.45) is 2.02. The molecule has 0 aliphatic rings. The predicted octanol–water partition coefficient (Wildman–Crippen LogP) is 4.98. The van der Waals surface area contributed by atoms with Crippen molar-refractivity contribution in [2.24, 2.45) is 0 Å². The SMILES string of the molecule is N#Cc1ccc2c(ccn2Cc2ccc(Br)cc2Cl)c1. The van der Waals surface area contributed by atoms with Crippen molar-refractivity contribution in [2.45, 2.75) is 6.54 Å². The van der Waals surface area contributed by atoms with Gasteiger partial charge >= 0.3 is 0 Å². The number of benzene rings is 2. The Morgan fingerprint density at radius 2 is 2.00 bits per heavy atom. The molecule has 1 aromatic heterocycles. The number of halogens is 2. The molecular formula is C16H10BrClN2. The molecule has 0 aliphatic heterocycles. The fourth-order valence-electron chi connectivity index (χ4n) is 2.24. The molecule has 0 radical (unpaired) electrons. The number of fused-ring (bicyclic) bond motifs is 1. The fourth-order valence-corrected chi connectivity index (χ4v) is 2.97. The molecule has 0 saturated carbocycles. The maximum atomic E-state index is 8.92. The molecule has 3 aromatic rings. The van der Waals surface area contributed by atoms with Crippen molar-refractivity contribution in [3.8, 4) is 6.07 Å². The summed E-state index contributed by atoms with van der Waals surface area (Å²) in [7, 11) is 0. The van der Waals surface area contributed by atoms with E-state index in [0.29, 0.717) is 12.1 Å². The first-order chi connectivity index (χ1) is 9.67. The van der Waals surface area contributed by atoms with Crippen LogP contribution in [-0.4, -0.2) is 4.57 Å². The minimum atomic E-state index is 0.678. The zero-order valence-corrected chi connectivity index (χ0v) is 12.8. The standard InChI is InChI=1S/C16H10BrClN2/c17-14-3-2-13(15(18)8-14)10-20-6-5-12-7-11(9-19)1-4-16(12)20/h1-8H,10H2. The van der Waals surface area contributed by atoms with Crippen LogP contribution in [0.5, 0.6) is 0 Å². The maximum absolute atomic E-state index is 8.92. The van der Waals surface area contributed by atoms with Crippen LogP contribution in [0.3, 0.4) is 0 Å². The summed E-state index contributed by atoms with van der Waals surface area (Å²) in [5, 5.41) is 10.7. The van der Waals surface area contributed by atoms with Gasteiger partial charge in [0.05, 0.1) is 11.6 Å². The van der Waals surface area contributed by atoms with E-state index in [4.69, 9.17) is 16.9 Å². The molecule has 1 heterocycles. The third-order valence-electron chi connectivity index (χ3n) is 3.26. The minimum absolute atomic E-state index is 0.678. The summed E-state index contributed by atoms with van der Waals surface area (Å²) in [6, 6.07) is 15.8. The Balaban J connectivity index is 2.01. The van der Waals surface area contributed by atoms with Crippen LogP contribution in [0.15, 0.2) is 53.1 Å². The van der Waals surface area contributed by atoms with Gasteiger partial charge in [-0.1, -0.05) is 33.6 Å². The normalized spacial score (nSPS) is 10.7. The molecule has 0 bridgehead atoms. The summed E-state index contributed by atoms with van der Waals surface area (Å²) >= 11 is 9.67. The van der Waals surface area contributed by atoms with E-state index in [1.807, 2.05) is 48.7 Å². The Bertz CT molecular complexity index is 830. The number of nitriles is 1. The van der Waals surface area contributed by atoms with Crippen molar-refractivity contribution in [1.29, 1.82) is 5.26 Å². The highest BCUT2D eigenvalue weighted by Gasteiger charge is 2.06. The van der Waals surface area contributed by atoms with Gasteiger partial charge in [-0.3, -0.25) is 0 Å². The quantitative estimate of drug-likeness (QED) is 0.644. The number of hydrogen-bond donors (Lipinski definition) is 0. The van der Waals surface area contributed by atoms with E-state index in [9.17, 15) is 0 Å². The van der Waals surface area contributed by atoms with Gasteiger partial charge in [0.1, 0.15) is 0 Å². The highest BCUT2D eigenvalue weighted by atomic mass is 79.9. The Hall–Kier alpha value is -1.76. The second kappa shape index (κ2) is 5.32. The van der Waals surface area contributed by atoms with Gasteiger partial charge in [-0.15, -0.1) is 0 Å². The van der Waals surface area contributed by atoms with Crippen molar-refractivity contribution >= 4 is 38.4 Å². The van der Waals surface area contributed by atoms with E-state index >= 15 is 0 Å². The molecule has 3 rings (SSSR count). The Kier molecular flexibility index (Phi) is 3.52. The number of aromatic nitrogens is 1. The molecule has 0 saturated heterocycles. The molecule has 0 atom stereocenters. The molecule has 0 N–H and O–H groups in total. The monoisotopic (exact) mass is 344 g/mol. The zero-order valence-electron chi connectivity index (χ0n) is 10.5. The third kappa shape index (κ3) is 2.45. The van der Waals surface area contributed by atoms with Gasteiger partial charge in [0.25, 0.3) is 0 Å². The van der Waals surface area contributed by atoms with Crippen LogP contribution < -0.4 is 0 Å². The van der Waals surface area contributed by atoms with E-state index in [0.717, 1.165) is 26.0 Å². The molecule has 4 heteroatoms. The van der Waals surface area contributed by atoms with Gasteiger partial charge in [-0.2, -0.15) is 5.26 Å². The number of hydrogen-bond acceptors (Lipinski definition) is 1. The van der Waals surface area contributed by atoms with Gasteiger partial charge in [0.2, 0.25) is 0 Å². The van der Waals surface area contributed by atoms with Gasteiger partial charge in [0, 0.05) is 33.1 Å². The largest absolute Gasteiger partial charge is 0.343 e. The Morgan fingerprint density at radius 1 is 1.15 bits per heavy atom. The van der Waals surface area contributed by atoms with Crippen molar-refractivity contribution < 1.29 is 0 Å². The fraction of sp³-hybridized carbons (Fsp3) is 0.0625. The second-order valence-electron chi connectivity index (χ2n) is 4.56. The van der Waals surface area contributed by atoms with E-state index < -0.39 is 0 Å². The van der Waals surface area contributed by atoms with Crippen LogP contribution in [0.25, 0.3) is 10.9 Å². The number of rotatable bonds is 2. The summed E-state index contributed by atoms with van der Waals surface area (Å²) in [5.74, 6) is 0. The molecule has 0 fully saturated rings. The Labute approximate surface area is 130 Å². The first kappa shape index (κ1) is 13.2. The smallest absolute Gasteiger partial charge is 0.0991 e. The van der Waals surface area contributed by atoms with Crippen LogP contribution in [0.2, 0.25) is 5.02 Å². The van der Waals surface area contributed by atoms with Crippen LogP contribution >= 0.6 is 27.5 Å². The second-order valence-corrected chi connectivity index (χ2v) is 5.89. The van der Waals surface area contributed by atoms with Gasteiger partial charge in [-0.05, 0) is 42.0 Å². The van der Waals surface area contributed by atoms with E-state index in [1.54, 1.807) is 0 Å². The lowest BCUT2D eigenvalue weighted by Gasteiger charge is -2.08. The molecule has 0 spiro atoms. The van der Waals surface area contributed by atoms with Crippen LogP contribution in [0.4, 0.5) is 0 Å². The minimum Gasteiger partial charge on any atom is -0.343 e. The van der Waals surface area contributed by atoms with Crippen molar-refractivity contribution in [3.05, 3.63) is 69.3 Å². The molecule has 98 valence electrons.